The van der Waals surface area contributed by atoms with E-state index in [1.807, 2.05) is 59.2 Å². The van der Waals surface area contributed by atoms with Crippen LogP contribution in [0.25, 0.3) is 5.69 Å². The SMILES string of the molecule is COc1cccc(-n2cc(C(=O)O)c3c2[C@@H](c2ccccc2)CC(=O)N3)c1. The Bertz CT molecular complexity index is 1020. The zero-order chi connectivity index (χ0) is 19.0. The van der Waals surface area contributed by atoms with Crippen molar-refractivity contribution in [2.45, 2.75) is 12.3 Å². The van der Waals surface area contributed by atoms with Gasteiger partial charge >= 0.3 is 5.97 Å². The van der Waals surface area contributed by atoms with Crippen molar-refractivity contribution in [1.29, 1.82) is 0 Å². The number of carbonyl (C=O) groups is 2. The maximum Gasteiger partial charge on any atom is 0.339 e. The highest BCUT2D eigenvalue weighted by molar-refractivity contribution is 6.04. The zero-order valence-electron chi connectivity index (χ0n) is 14.7. The molecule has 0 bridgehead atoms. The molecule has 0 fully saturated rings. The number of carboxylic acids is 1. The molecule has 0 radical (unpaired) electrons. The van der Waals surface area contributed by atoms with Crippen LogP contribution in [-0.2, 0) is 4.79 Å². The van der Waals surface area contributed by atoms with Gasteiger partial charge in [0.2, 0.25) is 5.91 Å². The number of rotatable bonds is 4. The molecule has 4 rings (SSSR count). The highest BCUT2D eigenvalue weighted by Crippen LogP contribution is 2.41. The van der Waals surface area contributed by atoms with E-state index in [4.69, 9.17) is 4.74 Å². The van der Waals surface area contributed by atoms with E-state index in [0.717, 1.165) is 16.9 Å². The number of aromatic carboxylic acids is 1. The first-order chi connectivity index (χ1) is 13.1. The van der Waals surface area contributed by atoms with E-state index in [1.54, 1.807) is 13.3 Å². The Morgan fingerprint density at radius 3 is 2.67 bits per heavy atom. The van der Waals surface area contributed by atoms with Gasteiger partial charge < -0.3 is 19.7 Å². The molecule has 2 heterocycles. The van der Waals surface area contributed by atoms with Gasteiger partial charge in [-0.2, -0.15) is 0 Å². The number of anilines is 1. The fraction of sp³-hybridized carbons (Fsp3) is 0.143. The zero-order valence-corrected chi connectivity index (χ0v) is 14.7. The Kier molecular flexibility index (Phi) is 4.16. The second-order valence-corrected chi connectivity index (χ2v) is 6.40. The minimum atomic E-state index is -1.08. The lowest BCUT2D eigenvalue weighted by Gasteiger charge is -2.26. The number of hydrogen-bond donors (Lipinski definition) is 2. The second-order valence-electron chi connectivity index (χ2n) is 6.40. The highest BCUT2D eigenvalue weighted by Gasteiger charge is 2.34. The van der Waals surface area contributed by atoms with Gasteiger partial charge in [0, 0.05) is 30.3 Å². The molecule has 1 amide bonds. The van der Waals surface area contributed by atoms with Gasteiger partial charge in [-0.15, -0.1) is 0 Å². The molecule has 1 atom stereocenters. The number of carboxylic acid groups (broad SMARTS) is 1. The Morgan fingerprint density at radius 2 is 1.96 bits per heavy atom. The average molecular weight is 362 g/mol. The molecule has 1 aromatic heterocycles. The second kappa shape index (κ2) is 6.64. The Morgan fingerprint density at radius 1 is 1.19 bits per heavy atom. The summed E-state index contributed by atoms with van der Waals surface area (Å²) in [6, 6.07) is 17.0. The summed E-state index contributed by atoms with van der Waals surface area (Å²) in [6.45, 7) is 0. The van der Waals surface area contributed by atoms with Gasteiger partial charge in [0.25, 0.3) is 0 Å². The van der Waals surface area contributed by atoms with Crippen molar-refractivity contribution in [2.75, 3.05) is 12.4 Å². The number of amides is 1. The number of aromatic nitrogens is 1. The number of fused-ring (bicyclic) bond motifs is 1. The molecule has 0 saturated carbocycles. The van der Waals surface area contributed by atoms with Crippen LogP contribution in [0.5, 0.6) is 5.75 Å². The molecule has 0 aliphatic carbocycles. The van der Waals surface area contributed by atoms with Crippen molar-refractivity contribution in [1.82, 2.24) is 4.57 Å². The summed E-state index contributed by atoms with van der Waals surface area (Å²) in [5, 5.41) is 12.4. The predicted octanol–water partition coefficient (Wildman–Crippen LogP) is 3.66. The van der Waals surface area contributed by atoms with Gasteiger partial charge in [-0.05, 0) is 17.7 Å². The summed E-state index contributed by atoms with van der Waals surface area (Å²) in [7, 11) is 1.58. The van der Waals surface area contributed by atoms with Crippen molar-refractivity contribution in [3.63, 3.8) is 0 Å². The third kappa shape index (κ3) is 2.95. The van der Waals surface area contributed by atoms with Crippen LogP contribution in [0, 0.1) is 0 Å². The summed E-state index contributed by atoms with van der Waals surface area (Å²) in [5.41, 5.74) is 2.92. The molecule has 0 spiro atoms. The smallest absolute Gasteiger partial charge is 0.339 e. The minimum Gasteiger partial charge on any atom is -0.497 e. The molecular weight excluding hydrogens is 344 g/mol. The van der Waals surface area contributed by atoms with Crippen molar-refractivity contribution in [3.05, 3.63) is 77.6 Å². The first-order valence-corrected chi connectivity index (χ1v) is 8.56. The normalized spacial score (nSPS) is 15.7. The van der Waals surface area contributed by atoms with Gasteiger partial charge in [0.1, 0.15) is 11.3 Å². The van der Waals surface area contributed by atoms with Crippen molar-refractivity contribution >= 4 is 17.6 Å². The first kappa shape index (κ1) is 16.9. The van der Waals surface area contributed by atoms with E-state index in [1.165, 1.54) is 0 Å². The number of ether oxygens (including phenoxy) is 1. The molecule has 136 valence electrons. The summed E-state index contributed by atoms with van der Waals surface area (Å²) < 4.78 is 7.14. The molecule has 1 aliphatic heterocycles. The van der Waals surface area contributed by atoms with Gasteiger partial charge in [-0.25, -0.2) is 4.79 Å². The average Bonchev–Trinajstić information content (AvgIpc) is 3.07. The fourth-order valence-corrected chi connectivity index (χ4v) is 3.56. The quantitative estimate of drug-likeness (QED) is 0.742. The van der Waals surface area contributed by atoms with Crippen molar-refractivity contribution in [2.24, 2.45) is 0 Å². The minimum absolute atomic E-state index is 0.0711. The Labute approximate surface area is 156 Å². The molecule has 0 saturated heterocycles. The molecule has 27 heavy (non-hydrogen) atoms. The van der Waals surface area contributed by atoms with Crippen LogP contribution < -0.4 is 10.1 Å². The van der Waals surface area contributed by atoms with E-state index in [2.05, 4.69) is 5.32 Å². The highest BCUT2D eigenvalue weighted by atomic mass is 16.5. The maximum absolute atomic E-state index is 12.3. The molecule has 0 unspecified atom stereocenters. The molecule has 1 aliphatic rings. The van der Waals surface area contributed by atoms with E-state index in [9.17, 15) is 14.7 Å². The molecule has 2 N–H and O–H groups in total. The van der Waals surface area contributed by atoms with Gasteiger partial charge in [0.15, 0.2) is 0 Å². The number of methoxy groups -OCH3 is 1. The molecular formula is C21H18N2O4. The molecule has 3 aromatic rings. The predicted molar refractivity (Wildman–Crippen MR) is 101 cm³/mol. The van der Waals surface area contributed by atoms with Crippen molar-refractivity contribution in [3.8, 4) is 11.4 Å². The Hall–Kier alpha value is -3.54. The van der Waals surface area contributed by atoms with E-state index in [0.29, 0.717) is 11.4 Å². The van der Waals surface area contributed by atoms with Crippen molar-refractivity contribution < 1.29 is 19.4 Å². The topological polar surface area (TPSA) is 80.6 Å². The van der Waals surface area contributed by atoms with Crippen LogP contribution in [0.15, 0.2) is 60.8 Å². The van der Waals surface area contributed by atoms with Crippen LogP contribution in [-0.4, -0.2) is 28.7 Å². The molecule has 2 aromatic carbocycles. The number of benzene rings is 2. The number of nitrogens with one attached hydrogen (secondary N) is 1. The van der Waals surface area contributed by atoms with Crippen LogP contribution in [0.4, 0.5) is 5.69 Å². The molecule has 6 heteroatoms. The van der Waals surface area contributed by atoms with E-state index >= 15 is 0 Å². The summed E-state index contributed by atoms with van der Waals surface area (Å²) in [6.07, 6.45) is 1.81. The maximum atomic E-state index is 12.3. The number of carbonyl (C=O) groups excluding carboxylic acids is 1. The third-order valence-electron chi connectivity index (χ3n) is 4.79. The van der Waals surface area contributed by atoms with Gasteiger partial charge in [-0.3, -0.25) is 4.79 Å². The lowest BCUT2D eigenvalue weighted by Crippen LogP contribution is -2.25. The van der Waals surface area contributed by atoms with Crippen LogP contribution in [0.3, 0.4) is 0 Å². The fourth-order valence-electron chi connectivity index (χ4n) is 3.56. The van der Waals surface area contributed by atoms with E-state index < -0.39 is 5.97 Å². The lowest BCUT2D eigenvalue weighted by atomic mass is 9.88. The number of hydrogen-bond acceptors (Lipinski definition) is 3. The van der Waals surface area contributed by atoms with Gasteiger partial charge in [-0.1, -0.05) is 36.4 Å². The van der Waals surface area contributed by atoms with Crippen LogP contribution >= 0.6 is 0 Å². The van der Waals surface area contributed by atoms with Gasteiger partial charge in [0.05, 0.1) is 18.5 Å². The first-order valence-electron chi connectivity index (χ1n) is 8.56. The summed E-state index contributed by atoms with van der Waals surface area (Å²) >= 11 is 0. The monoisotopic (exact) mass is 362 g/mol. The van der Waals surface area contributed by atoms with Crippen LogP contribution in [0.1, 0.15) is 34.0 Å². The summed E-state index contributed by atoms with van der Waals surface area (Å²) in [4.78, 5) is 24.1. The largest absolute Gasteiger partial charge is 0.497 e. The van der Waals surface area contributed by atoms with Crippen LogP contribution in [0.2, 0.25) is 0 Å². The Balaban J connectivity index is 1.97. The summed E-state index contributed by atoms with van der Waals surface area (Å²) in [5.74, 6) is -0.846. The lowest BCUT2D eigenvalue weighted by molar-refractivity contribution is -0.116. The molecule has 6 nitrogen and oxygen atoms in total. The standard InChI is InChI=1S/C21H18N2O4/c1-27-15-9-5-8-14(10-15)23-12-17(21(25)26)19-20(23)16(11-18(24)22-19)13-6-3-2-4-7-13/h2-10,12,16H,11H2,1H3,(H,22,24)(H,25,26)/t16-/m1/s1. The number of nitrogens with zero attached hydrogens (tertiary/aromatic N) is 1. The van der Waals surface area contributed by atoms with E-state index in [-0.39, 0.29) is 23.8 Å². The third-order valence-corrected chi connectivity index (χ3v) is 4.79.